The fourth-order valence-electron chi connectivity index (χ4n) is 2.22. The number of benzene rings is 3. The molecule has 0 spiro atoms. The van der Waals surface area contributed by atoms with Crippen molar-refractivity contribution in [1.29, 1.82) is 0 Å². The molecule has 0 radical (unpaired) electrons. The van der Waals surface area contributed by atoms with Crippen molar-refractivity contribution in [3.05, 3.63) is 70.5 Å². The van der Waals surface area contributed by atoms with Gasteiger partial charge in [-0.2, -0.15) is 0 Å². The van der Waals surface area contributed by atoms with Crippen LogP contribution >= 0.6 is 23.2 Å². The van der Waals surface area contributed by atoms with Gasteiger partial charge in [-0.15, -0.1) is 0 Å². The van der Waals surface area contributed by atoms with Crippen LogP contribution in [0, 0.1) is 5.82 Å². The Morgan fingerprint density at radius 3 is 2.16 bits per heavy atom. The van der Waals surface area contributed by atoms with Crippen LogP contribution in [-0.2, 0) is 0 Å². The molecule has 0 saturated heterocycles. The Bertz CT molecular complexity index is 766. The van der Waals surface area contributed by atoms with E-state index in [-0.39, 0.29) is 5.82 Å². The monoisotopic (exact) mass is 290 g/mol. The first-order chi connectivity index (χ1) is 9.18. The van der Waals surface area contributed by atoms with Crippen LogP contribution in [0.1, 0.15) is 0 Å². The molecule has 0 amide bonds. The molecular formula is C16H9Cl2F. The highest BCUT2D eigenvalue weighted by Crippen LogP contribution is 2.37. The average Bonchev–Trinajstić information content (AvgIpc) is 2.42. The highest BCUT2D eigenvalue weighted by molar-refractivity contribution is 6.43. The van der Waals surface area contributed by atoms with Gasteiger partial charge in [-0.05, 0) is 23.1 Å². The summed E-state index contributed by atoms with van der Waals surface area (Å²) < 4.78 is 13.8. The van der Waals surface area contributed by atoms with Gasteiger partial charge in [0, 0.05) is 10.9 Å². The molecule has 94 valence electrons. The molecular weight excluding hydrogens is 282 g/mol. The molecule has 3 heteroatoms. The van der Waals surface area contributed by atoms with E-state index in [1.165, 1.54) is 6.07 Å². The molecule has 3 aromatic rings. The van der Waals surface area contributed by atoms with Crippen molar-refractivity contribution in [3.63, 3.8) is 0 Å². The van der Waals surface area contributed by atoms with Crippen molar-refractivity contribution < 1.29 is 4.39 Å². The van der Waals surface area contributed by atoms with Crippen LogP contribution in [0.5, 0.6) is 0 Å². The Morgan fingerprint density at radius 1 is 0.684 bits per heavy atom. The number of halogens is 3. The molecule has 0 nitrogen and oxygen atoms in total. The Kier molecular flexibility index (Phi) is 3.17. The first-order valence-corrected chi connectivity index (χ1v) is 6.55. The van der Waals surface area contributed by atoms with Crippen molar-refractivity contribution in [2.24, 2.45) is 0 Å². The third kappa shape index (κ3) is 2.09. The Morgan fingerprint density at radius 2 is 1.32 bits per heavy atom. The van der Waals surface area contributed by atoms with Crippen molar-refractivity contribution >= 4 is 34.0 Å². The van der Waals surface area contributed by atoms with Gasteiger partial charge in [-0.1, -0.05) is 65.7 Å². The van der Waals surface area contributed by atoms with E-state index in [1.54, 1.807) is 18.2 Å². The standard InChI is InChI=1S/C16H9Cl2F/c17-14-8-2-7-13(16(14)18)11-4-1-6-12-10(11)5-3-9-15(12)19/h1-9H. The fraction of sp³-hybridized carbons (Fsp3) is 0. The van der Waals surface area contributed by atoms with E-state index in [1.807, 2.05) is 30.3 Å². The maximum absolute atomic E-state index is 13.8. The highest BCUT2D eigenvalue weighted by atomic mass is 35.5. The summed E-state index contributed by atoms with van der Waals surface area (Å²) in [5.41, 5.74) is 1.69. The summed E-state index contributed by atoms with van der Waals surface area (Å²) in [5, 5.41) is 2.39. The predicted molar refractivity (Wildman–Crippen MR) is 79.4 cm³/mol. The third-order valence-corrected chi connectivity index (χ3v) is 3.93. The van der Waals surface area contributed by atoms with E-state index in [2.05, 4.69) is 0 Å². The molecule has 0 aliphatic heterocycles. The lowest BCUT2D eigenvalue weighted by Gasteiger charge is -2.10. The van der Waals surface area contributed by atoms with Gasteiger partial charge >= 0.3 is 0 Å². The minimum Gasteiger partial charge on any atom is -0.206 e. The molecule has 0 saturated carbocycles. The molecule has 0 aromatic heterocycles. The Labute approximate surface area is 120 Å². The Hall–Kier alpha value is -1.57. The summed E-state index contributed by atoms with van der Waals surface area (Å²) >= 11 is 12.3. The number of fused-ring (bicyclic) bond motifs is 1. The summed E-state index contributed by atoms with van der Waals surface area (Å²) in [6.07, 6.45) is 0. The van der Waals surface area contributed by atoms with Gasteiger partial charge in [0.25, 0.3) is 0 Å². The molecule has 0 fully saturated rings. The molecule has 0 bridgehead atoms. The second-order valence-corrected chi connectivity index (χ2v) is 5.03. The zero-order valence-electron chi connectivity index (χ0n) is 9.83. The average molecular weight is 291 g/mol. The predicted octanol–water partition coefficient (Wildman–Crippen LogP) is 5.95. The quantitative estimate of drug-likeness (QED) is 0.519. The van der Waals surface area contributed by atoms with Gasteiger partial charge in [-0.25, -0.2) is 4.39 Å². The summed E-state index contributed by atoms with van der Waals surface area (Å²) in [5.74, 6) is -0.238. The second-order valence-electron chi connectivity index (χ2n) is 4.24. The smallest absolute Gasteiger partial charge is 0.131 e. The largest absolute Gasteiger partial charge is 0.206 e. The van der Waals surface area contributed by atoms with Gasteiger partial charge in [0.2, 0.25) is 0 Å². The van der Waals surface area contributed by atoms with E-state index >= 15 is 0 Å². The van der Waals surface area contributed by atoms with Crippen molar-refractivity contribution in [2.75, 3.05) is 0 Å². The molecule has 0 N–H and O–H groups in total. The van der Waals surface area contributed by atoms with Crippen LogP contribution < -0.4 is 0 Å². The van der Waals surface area contributed by atoms with Crippen LogP contribution in [-0.4, -0.2) is 0 Å². The van der Waals surface area contributed by atoms with E-state index in [4.69, 9.17) is 23.2 Å². The first-order valence-electron chi connectivity index (χ1n) is 5.80. The van der Waals surface area contributed by atoms with Gasteiger partial charge in [0.15, 0.2) is 0 Å². The van der Waals surface area contributed by atoms with E-state index in [0.717, 1.165) is 16.5 Å². The number of hydrogen-bond donors (Lipinski definition) is 0. The minimum atomic E-state index is -0.238. The minimum absolute atomic E-state index is 0.238. The van der Waals surface area contributed by atoms with E-state index < -0.39 is 0 Å². The van der Waals surface area contributed by atoms with Gasteiger partial charge in [0.05, 0.1) is 10.0 Å². The summed E-state index contributed by atoms with van der Waals surface area (Å²) in [7, 11) is 0. The van der Waals surface area contributed by atoms with Crippen LogP contribution in [0.15, 0.2) is 54.6 Å². The zero-order chi connectivity index (χ0) is 13.4. The van der Waals surface area contributed by atoms with Crippen molar-refractivity contribution in [2.45, 2.75) is 0 Å². The van der Waals surface area contributed by atoms with Gasteiger partial charge < -0.3 is 0 Å². The van der Waals surface area contributed by atoms with Crippen LogP contribution in [0.4, 0.5) is 4.39 Å². The van der Waals surface area contributed by atoms with Gasteiger partial charge in [-0.3, -0.25) is 0 Å². The molecule has 19 heavy (non-hydrogen) atoms. The summed E-state index contributed by atoms with van der Waals surface area (Å²) in [4.78, 5) is 0. The molecule has 0 aliphatic carbocycles. The number of rotatable bonds is 1. The van der Waals surface area contributed by atoms with Crippen LogP contribution in [0.2, 0.25) is 10.0 Å². The highest BCUT2D eigenvalue weighted by Gasteiger charge is 2.11. The lowest BCUT2D eigenvalue weighted by atomic mass is 9.98. The molecule has 0 aliphatic rings. The van der Waals surface area contributed by atoms with Crippen LogP contribution in [0.25, 0.3) is 21.9 Å². The maximum Gasteiger partial charge on any atom is 0.131 e. The molecule has 3 aromatic carbocycles. The topological polar surface area (TPSA) is 0 Å². The molecule has 0 heterocycles. The third-order valence-electron chi connectivity index (χ3n) is 3.11. The van der Waals surface area contributed by atoms with E-state index in [0.29, 0.717) is 15.4 Å². The summed E-state index contributed by atoms with van der Waals surface area (Å²) in [6.45, 7) is 0. The lowest BCUT2D eigenvalue weighted by Crippen LogP contribution is -1.85. The molecule has 0 atom stereocenters. The SMILES string of the molecule is Fc1cccc2c(-c3cccc(Cl)c3Cl)cccc12. The van der Waals surface area contributed by atoms with Crippen LogP contribution in [0.3, 0.4) is 0 Å². The maximum atomic E-state index is 13.8. The van der Waals surface area contributed by atoms with Gasteiger partial charge in [0.1, 0.15) is 5.82 Å². The second kappa shape index (κ2) is 4.84. The summed E-state index contributed by atoms with van der Waals surface area (Å²) in [6, 6.07) is 16.0. The Balaban J connectivity index is 2.37. The zero-order valence-corrected chi connectivity index (χ0v) is 11.3. The lowest BCUT2D eigenvalue weighted by molar-refractivity contribution is 0.640. The van der Waals surface area contributed by atoms with Crippen molar-refractivity contribution in [3.8, 4) is 11.1 Å². The van der Waals surface area contributed by atoms with Crippen molar-refractivity contribution in [1.82, 2.24) is 0 Å². The van der Waals surface area contributed by atoms with E-state index in [9.17, 15) is 4.39 Å². The molecule has 3 rings (SSSR count). The fourth-order valence-corrected chi connectivity index (χ4v) is 2.62. The normalized spacial score (nSPS) is 10.9. The first kappa shape index (κ1) is 12.5. The number of hydrogen-bond acceptors (Lipinski definition) is 0. The molecule has 0 unspecified atom stereocenters.